The van der Waals surface area contributed by atoms with Gasteiger partial charge in [-0.3, -0.25) is 4.79 Å². The number of carbonyl (C=O) groups is 3. The van der Waals surface area contributed by atoms with Crippen molar-refractivity contribution >= 4 is 18.0 Å². The number of esters is 1. The maximum Gasteiger partial charge on any atom is 0.408 e. The summed E-state index contributed by atoms with van der Waals surface area (Å²) in [5, 5.41) is 4.74. The quantitative estimate of drug-likeness (QED) is 0.765. The summed E-state index contributed by atoms with van der Waals surface area (Å²) in [6, 6.07) is -0.794. The van der Waals surface area contributed by atoms with Gasteiger partial charge >= 0.3 is 12.1 Å². The van der Waals surface area contributed by atoms with Gasteiger partial charge in [-0.15, -0.1) is 0 Å². The molecular weight excluding hydrogens is 276 g/mol. The molecule has 0 spiro atoms. The first-order valence-corrected chi connectivity index (χ1v) is 6.79. The third-order valence-corrected chi connectivity index (χ3v) is 1.93. The van der Waals surface area contributed by atoms with E-state index in [1.807, 2.05) is 0 Å². The Morgan fingerprint density at radius 3 is 1.86 bits per heavy atom. The normalized spacial score (nSPS) is 13.1. The first-order chi connectivity index (χ1) is 9.30. The van der Waals surface area contributed by atoms with Gasteiger partial charge in [-0.1, -0.05) is 0 Å². The van der Waals surface area contributed by atoms with E-state index in [1.54, 1.807) is 41.5 Å². The fraction of sp³-hybridized carbons (Fsp3) is 0.786. The predicted molar refractivity (Wildman–Crippen MR) is 77.7 cm³/mol. The third kappa shape index (κ3) is 10.6. The molecule has 0 radical (unpaired) electrons. The summed E-state index contributed by atoms with van der Waals surface area (Å²) in [6.07, 6.45) is -0.692. The molecule has 0 aromatic rings. The van der Waals surface area contributed by atoms with Crippen molar-refractivity contribution in [2.45, 2.75) is 65.7 Å². The van der Waals surface area contributed by atoms with Crippen molar-refractivity contribution in [3.8, 4) is 0 Å². The topological polar surface area (TPSA) is 93.7 Å². The average Bonchev–Trinajstić information content (AvgIpc) is 2.21. The Morgan fingerprint density at radius 2 is 1.43 bits per heavy atom. The van der Waals surface area contributed by atoms with Gasteiger partial charge in [-0.25, -0.2) is 9.59 Å². The van der Waals surface area contributed by atoms with Gasteiger partial charge in [0.15, 0.2) is 0 Å². The molecule has 7 nitrogen and oxygen atoms in total. The highest BCUT2D eigenvalue weighted by Crippen LogP contribution is 2.08. The van der Waals surface area contributed by atoms with Crippen LogP contribution in [0.2, 0.25) is 0 Å². The molecule has 0 aliphatic carbocycles. The minimum Gasteiger partial charge on any atom is -0.458 e. The molecule has 0 saturated carbocycles. The number of amides is 2. The van der Waals surface area contributed by atoms with Crippen LogP contribution in [0.1, 0.15) is 48.5 Å². The SMILES string of the molecule is CC(NC(=O)CNC(=O)OC(C)(C)C)C(=O)OC(C)(C)C. The zero-order chi connectivity index (χ0) is 16.8. The van der Waals surface area contributed by atoms with Gasteiger partial charge in [0.1, 0.15) is 23.8 Å². The highest BCUT2D eigenvalue weighted by molar-refractivity contribution is 5.87. The van der Waals surface area contributed by atoms with Crippen molar-refractivity contribution in [2.24, 2.45) is 0 Å². The molecular formula is C14H26N2O5. The number of rotatable bonds is 4. The number of ether oxygens (including phenoxy) is 2. The van der Waals surface area contributed by atoms with E-state index in [2.05, 4.69) is 10.6 Å². The Kier molecular flexibility index (Phi) is 6.66. The van der Waals surface area contributed by atoms with Crippen LogP contribution in [0.15, 0.2) is 0 Å². The van der Waals surface area contributed by atoms with Crippen LogP contribution >= 0.6 is 0 Å². The Balaban J connectivity index is 4.15. The molecule has 0 rings (SSSR count). The summed E-state index contributed by atoms with van der Waals surface area (Å²) in [7, 11) is 0. The molecule has 7 heteroatoms. The summed E-state index contributed by atoms with van der Waals surface area (Å²) in [5.41, 5.74) is -1.25. The van der Waals surface area contributed by atoms with Gasteiger partial charge in [0.2, 0.25) is 5.91 Å². The standard InChI is InChI=1S/C14H26N2O5/c1-9(11(18)20-13(2,3)4)16-10(17)8-15-12(19)21-14(5,6)7/h9H,8H2,1-7H3,(H,15,19)(H,16,17). The number of hydrogen-bond donors (Lipinski definition) is 2. The molecule has 2 amide bonds. The fourth-order valence-corrected chi connectivity index (χ4v) is 1.21. The molecule has 1 unspecified atom stereocenters. The van der Waals surface area contributed by atoms with Crippen LogP contribution in [-0.4, -0.2) is 41.8 Å². The van der Waals surface area contributed by atoms with E-state index in [-0.39, 0.29) is 6.54 Å². The van der Waals surface area contributed by atoms with Crippen LogP contribution in [0.4, 0.5) is 4.79 Å². The molecule has 2 N–H and O–H groups in total. The van der Waals surface area contributed by atoms with Crippen LogP contribution in [0.5, 0.6) is 0 Å². The molecule has 0 saturated heterocycles. The minimum absolute atomic E-state index is 0.276. The predicted octanol–water partition coefficient (Wildman–Crippen LogP) is 1.36. The maximum absolute atomic E-state index is 11.7. The zero-order valence-electron chi connectivity index (χ0n) is 13.8. The monoisotopic (exact) mass is 302 g/mol. The molecule has 0 bridgehead atoms. The lowest BCUT2D eigenvalue weighted by molar-refractivity contribution is -0.158. The van der Waals surface area contributed by atoms with Gasteiger partial charge in [0.05, 0.1) is 0 Å². The first kappa shape index (κ1) is 19.2. The van der Waals surface area contributed by atoms with Gasteiger partial charge in [0, 0.05) is 0 Å². The molecule has 0 heterocycles. The summed E-state index contributed by atoms with van der Waals surface area (Å²) in [4.78, 5) is 34.6. The van der Waals surface area contributed by atoms with Crippen LogP contribution in [-0.2, 0) is 19.1 Å². The van der Waals surface area contributed by atoms with Crippen molar-refractivity contribution in [3.05, 3.63) is 0 Å². The Hall–Kier alpha value is -1.79. The van der Waals surface area contributed by atoms with E-state index in [4.69, 9.17) is 9.47 Å². The number of carbonyl (C=O) groups excluding carboxylic acids is 3. The molecule has 0 aromatic heterocycles. The van der Waals surface area contributed by atoms with E-state index in [0.29, 0.717) is 0 Å². The summed E-state index contributed by atoms with van der Waals surface area (Å²) >= 11 is 0. The minimum atomic E-state index is -0.794. The van der Waals surface area contributed by atoms with Crippen molar-refractivity contribution in [2.75, 3.05) is 6.54 Å². The second kappa shape index (κ2) is 7.28. The van der Waals surface area contributed by atoms with E-state index in [9.17, 15) is 14.4 Å². The van der Waals surface area contributed by atoms with Gasteiger partial charge in [0.25, 0.3) is 0 Å². The molecule has 0 aliphatic rings. The highest BCUT2D eigenvalue weighted by atomic mass is 16.6. The lowest BCUT2D eigenvalue weighted by Gasteiger charge is -2.23. The van der Waals surface area contributed by atoms with Crippen LogP contribution in [0, 0.1) is 0 Å². The Bertz CT molecular complexity index is 393. The lowest BCUT2D eigenvalue weighted by Crippen LogP contribution is -2.46. The van der Waals surface area contributed by atoms with E-state index < -0.39 is 35.2 Å². The fourth-order valence-electron chi connectivity index (χ4n) is 1.21. The first-order valence-electron chi connectivity index (χ1n) is 6.79. The summed E-state index contributed by atoms with van der Waals surface area (Å²) in [6.45, 7) is 11.6. The molecule has 1 atom stereocenters. The van der Waals surface area contributed by atoms with E-state index >= 15 is 0 Å². The molecule has 0 aliphatic heterocycles. The molecule has 122 valence electrons. The van der Waals surface area contributed by atoms with Crippen LogP contribution in [0.3, 0.4) is 0 Å². The summed E-state index contributed by atoms with van der Waals surface area (Å²) < 4.78 is 10.1. The molecule has 0 fully saturated rings. The zero-order valence-corrected chi connectivity index (χ0v) is 13.8. The van der Waals surface area contributed by atoms with Crippen LogP contribution < -0.4 is 10.6 Å². The largest absolute Gasteiger partial charge is 0.458 e. The average molecular weight is 302 g/mol. The van der Waals surface area contributed by atoms with Crippen molar-refractivity contribution in [1.29, 1.82) is 0 Å². The number of hydrogen-bond acceptors (Lipinski definition) is 5. The smallest absolute Gasteiger partial charge is 0.408 e. The Labute approximate surface area is 125 Å². The second-order valence-corrected chi connectivity index (χ2v) is 6.68. The van der Waals surface area contributed by atoms with Gasteiger partial charge < -0.3 is 20.1 Å². The van der Waals surface area contributed by atoms with Crippen molar-refractivity contribution in [1.82, 2.24) is 10.6 Å². The van der Waals surface area contributed by atoms with Gasteiger partial charge in [-0.05, 0) is 48.5 Å². The molecule has 0 aromatic carbocycles. The molecule has 21 heavy (non-hydrogen) atoms. The highest BCUT2D eigenvalue weighted by Gasteiger charge is 2.23. The number of nitrogens with one attached hydrogen (secondary N) is 2. The van der Waals surface area contributed by atoms with E-state index in [1.165, 1.54) is 6.92 Å². The van der Waals surface area contributed by atoms with Crippen molar-refractivity contribution in [3.63, 3.8) is 0 Å². The van der Waals surface area contributed by atoms with E-state index in [0.717, 1.165) is 0 Å². The maximum atomic E-state index is 11.7. The summed E-state index contributed by atoms with van der Waals surface area (Å²) in [5.74, 6) is -1.03. The van der Waals surface area contributed by atoms with Gasteiger partial charge in [-0.2, -0.15) is 0 Å². The third-order valence-electron chi connectivity index (χ3n) is 1.93. The number of alkyl carbamates (subject to hydrolysis) is 1. The van der Waals surface area contributed by atoms with Crippen molar-refractivity contribution < 1.29 is 23.9 Å². The lowest BCUT2D eigenvalue weighted by atomic mass is 10.2. The second-order valence-electron chi connectivity index (χ2n) is 6.68. The van der Waals surface area contributed by atoms with Crippen LogP contribution in [0.25, 0.3) is 0 Å². The Morgan fingerprint density at radius 1 is 0.952 bits per heavy atom.